The van der Waals surface area contributed by atoms with Crippen molar-refractivity contribution < 1.29 is 4.74 Å². The van der Waals surface area contributed by atoms with Gasteiger partial charge in [-0.3, -0.25) is 14.5 Å². The Morgan fingerprint density at radius 2 is 2.12 bits per heavy atom. The molecule has 9 heteroatoms. The van der Waals surface area contributed by atoms with Crippen molar-refractivity contribution in [2.24, 2.45) is 0 Å². The van der Waals surface area contributed by atoms with Crippen LogP contribution in [0, 0.1) is 0 Å². The summed E-state index contributed by atoms with van der Waals surface area (Å²) in [5.41, 5.74) is 2.58. The van der Waals surface area contributed by atoms with Crippen molar-refractivity contribution in [2.75, 3.05) is 43.5 Å². The molecule has 1 aliphatic rings. The molecule has 2 aromatic carbocycles. The van der Waals surface area contributed by atoms with Crippen molar-refractivity contribution in [3.05, 3.63) is 69.0 Å². The number of nitrogens with one attached hydrogen (secondary N) is 2. The van der Waals surface area contributed by atoms with Crippen LogP contribution in [0.1, 0.15) is 18.9 Å². The second-order valence-corrected chi connectivity index (χ2v) is 8.81. The van der Waals surface area contributed by atoms with E-state index < -0.39 is 10.9 Å². The number of aromatic amines is 1. The van der Waals surface area contributed by atoms with E-state index in [-0.39, 0.29) is 0 Å². The van der Waals surface area contributed by atoms with Crippen molar-refractivity contribution >= 4 is 28.1 Å². The highest BCUT2D eigenvalue weighted by Gasteiger charge is 2.26. The van der Waals surface area contributed by atoms with Gasteiger partial charge in [0.2, 0.25) is 10.9 Å². The number of H-pyrrole nitrogens is 1. The number of benzene rings is 1. The van der Waals surface area contributed by atoms with Crippen LogP contribution in [0.5, 0.6) is 5.75 Å². The van der Waals surface area contributed by atoms with E-state index in [0.29, 0.717) is 17.5 Å². The zero-order valence-electron chi connectivity index (χ0n) is 19.4. The van der Waals surface area contributed by atoms with Gasteiger partial charge in [-0.05, 0) is 50.1 Å². The minimum atomic E-state index is -0.457. The molecular formula is C25H28N6O3. The summed E-state index contributed by atoms with van der Waals surface area (Å²) in [6, 6.07) is 7.61. The first-order chi connectivity index (χ1) is 16.5. The van der Waals surface area contributed by atoms with Crippen LogP contribution in [0.2, 0.25) is 0 Å². The molecular weight excluding hydrogens is 432 g/mol. The van der Waals surface area contributed by atoms with Gasteiger partial charge < -0.3 is 19.9 Å². The summed E-state index contributed by atoms with van der Waals surface area (Å²) in [6.07, 6.45) is 7.35. The molecule has 9 nitrogen and oxygen atoms in total. The first kappa shape index (κ1) is 22.1. The predicted molar refractivity (Wildman–Crippen MR) is 133 cm³/mol. The highest BCUT2D eigenvalue weighted by atomic mass is 16.5. The van der Waals surface area contributed by atoms with Gasteiger partial charge in [-0.15, -0.1) is 0 Å². The van der Waals surface area contributed by atoms with Crippen molar-refractivity contribution in [3.63, 3.8) is 0 Å². The summed E-state index contributed by atoms with van der Waals surface area (Å²) >= 11 is 0. The lowest BCUT2D eigenvalue weighted by Gasteiger charge is -2.40. The molecule has 5 rings (SSSR count). The normalized spacial score (nSPS) is 16.9. The third-order valence-corrected chi connectivity index (χ3v) is 6.57. The largest absolute Gasteiger partial charge is 0.491 e. The maximum absolute atomic E-state index is 11.6. The fraction of sp³-hybridized carbons (Fsp3) is 0.360. The van der Waals surface area contributed by atoms with Crippen LogP contribution in [-0.2, 0) is 6.42 Å². The molecule has 1 aliphatic heterocycles. The molecule has 0 aliphatic carbocycles. The van der Waals surface area contributed by atoms with Gasteiger partial charge in [0.1, 0.15) is 6.33 Å². The number of fused-ring (bicyclic) bond motifs is 1. The third kappa shape index (κ3) is 4.26. The first-order valence-corrected chi connectivity index (χ1v) is 11.5. The number of hydrogen-bond acceptors (Lipinski definition) is 8. The molecule has 1 fully saturated rings. The molecule has 176 valence electrons. The van der Waals surface area contributed by atoms with E-state index in [2.05, 4.69) is 43.2 Å². The van der Waals surface area contributed by atoms with Crippen molar-refractivity contribution in [1.82, 2.24) is 19.9 Å². The van der Waals surface area contributed by atoms with Gasteiger partial charge in [0, 0.05) is 54.5 Å². The molecule has 0 bridgehead atoms. The number of nitrogens with zero attached hydrogens (tertiary/aromatic N) is 4. The smallest absolute Gasteiger partial charge is 0.249 e. The summed E-state index contributed by atoms with van der Waals surface area (Å²) in [5, 5.41) is 4.19. The zero-order chi connectivity index (χ0) is 23.7. The number of aromatic nitrogens is 3. The van der Waals surface area contributed by atoms with Crippen LogP contribution in [0.15, 0.2) is 52.6 Å². The number of piperazine rings is 1. The van der Waals surface area contributed by atoms with Gasteiger partial charge in [0.15, 0.2) is 11.6 Å². The standard InChI is InChI=1S/C25H28N6O3/c1-16-14-30(8-9-31(16)25-23(34-2)13-26-15-28-25)7-3-4-17-12-27-20-6-5-18(10-19(17)20)29-21-11-22(32)24(21)33/h5-6,10-13,15-16,27,29H,3-4,7-9,14H2,1-2H3. The monoisotopic (exact) mass is 460 g/mol. The van der Waals surface area contributed by atoms with Crippen molar-refractivity contribution in [3.8, 4) is 5.75 Å². The topological polar surface area (TPSA) is 103 Å². The van der Waals surface area contributed by atoms with E-state index in [4.69, 9.17) is 4.74 Å². The fourth-order valence-corrected chi connectivity index (χ4v) is 4.74. The Labute approximate surface area is 197 Å². The lowest BCUT2D eigenvalue weighted by Crippen LogP contribution is -2.52. The first-order valence-electron chi connectivity index (χ1n) is 11.5. The average molecular weight is 461 g/mol. The second kappa shape index (κ2) is 9.26. The minimum Gasteiger partial charge on any atom is -0.491 e. The Kier molecular flexibility index (Phi) is 6.02. The highest BCUT2D eigenvalue weighted by Crippen LogP contribution is 2.28. The average Bonchev–Trinajstić information content (AvgIpc) is 3.26. The third-order valence-electron chi connectivity index (χ3n) is 6.57. The van der Waals surface area contributed by atoms with Gasteiger partial charge in [0.25, 0.3) is 0 Å². The van der Waals surface area contributed by atoms with Crippen LogP contribution < -0.4 is 25.8 Å². The molecule has 0 radical (unpaired) electrons. The van der Waals surface area contributed by atoms with Gasteiger partial charge in [0.05, 0.1) is 19.0 Å². The lowest BCUT2D eigenvalue weighted by molar-refractivity contribution is 0.225. The van der Waals surface area contributed by atoms with E-state index in [1.165, 1.54) is 11.6 Å². The molecule has 34 heavy (non-hydrogen) atoms. The minimum absolute atomic E-state index is 0.328. The Balaban J connectivity index is 1.18. The van der Waals surface area contributed by atoms with Crippen LogP contribution in [0.4, 0.5) is 17.2 Å². The summed E-state index contributed by atoms with van der Waals surface area (Å²) in [5.74, 6) is 1.57. The molecule has 3 heterocycles. The summed E-state index contributed by atoms with van der Waals surface area (Å²) < 4.78 is 5.44. The maximum atomic E-state index is 11.6. The van der Waals surface area contributed by atoms with Crippen LogP contribution in [0.3, 0.4) is 0 Å². The number of ether oxygens (including phenoxy) is 1. The summed E-state index contributed by atoms with van der Waals surface area (Å²) in [7, 11) is 1.65. The second-order valence-electron chi connectivity index (χ2n) is 8.81. The molecule has 0 spiro atoms. The van der Waals surface area contributed by atoms with Gasteiger partial charge >= 0.3 is 0 Å². The van der Waals surface area contributed by atoms with Crippen LogP contribution in [0.25, 0.3) is 10.9 Å². The van der Waals surface area contributed by atoms with Crippen molar-refractivity contribution in [2.45, 2.75) is 25.8 Å². The van der Waals surface area contributed by atoms with E-state index in [0.717, 1.165) is 61.4 Å². The van der Waals surface area contributed by atoms with E-state index >= 15 is 0 Å². The Morgan fingerprint density at radius 3 is 2.88 bits per heavy atom. The van der Waals surface area contributed by atoms with E-state index in [1.807, 2.05) is 18.2 Å². The predicted octanol–water partition coefficient (Wildman–Crippen LogP) is 2.45. The number of hydrogen-bond donors (Lipinski definition) is 2. The SMILES string of the molecule is COc1cncnc1N1CCN(CCCc2c[nH]c3ccc(Nc4cc(=O)c4=O)cc23)CC1C. The van der Waals surface area contributed by atoms with Crippen LogP contribution in [-0.4, -0.2) is 59.2 Å². The van der Waals surface area contributed by atoms with E-state index in [9.17, 15) is 9.59 Å². The molecule has 2 N–H and O–H groups in total. The van der Waals surface area contributed by atoms with E-state index in [1.54, 1.807) is 19.6 Å². The Bertz CT molecular complexity index is 1370. The Hall–Kier alpha value is -3.72. The molecule has 2 aromatic heterocycles. The molecule has 1 unspecified atom stereocenters. The Morgan fingerprint density at radius 1 is 1.24 bits per heavy atom. The van der Waals surface area contributed by atoms with Gasteiger partial charge in [-0.2, -0.15) is 0 Å². The quantitative estimate of drug-likeness (QED) is 0.387. The fourth-order valence-electron chi connectivity index (χ4n) is 4.74. The number of rotatable bonds is 8. The highest BCUT2D eigenvalue weighted by molar-refractivity contribution is 5.87. The number of methoxy groups -OCH3 is 1. The zero-order valence-corrected chi connectivity index (χ0v) is 19.4. The lowest BCUT2D eigenvalue weighted by atomic mass is 10.1. The summed E-state index contributed by atoms with van der Waals surface area (Å²) in [6.45, 7) is 6.08. The van der Waals surface area contributed by atoms with Crippen LogP contribution >= 0.6 is 0 Å². The molecule has 0 saturated carbocycles. The maximum Gasteiger partial charge on any atom is 0.249 e. The molecule has 1 saturated heterocycles. The molecule has 0 amide bonds. The number of anilines is 3. The summed E-state index contributed by atoms with van der Waals surface area (Å²) in [4.78, 5) is 39.4. The van der Waals surface area contributed by atoms with Gasteiger partial charge in [-0.1, -0.05) is 0 Å². The number of aryl methyl sites for hydroxylation is 1. The van der Waals surface area contributed by atoms with Crippen molar-refractivity contribution in [1.29, 1.82) is 0 Å². The molecule has 1 atom stereocenters. The van der Waals surface area contributed by atoms with Gasteiger partial charge in [-0.25, -0.2) is 9.97 Å². The molecule has 4 aromatic rings.